The number of hydrogen-bond acceptors (Lipinski definition) is 8. The highest BCUT2D eigenvalue weighted by molar-refractivity contribution is 14.1. The Kier molecular flexibility index (Phi) is 6.99. The lowest BCUT2D eigenvalue weighted by Gasteiger charge is -2.32. The first-order valence-corrected chi connectivity index (χ1v) is 14.7. The van der Waals surface area contributed by atoms with Crippen molar-refractivity contribution in [3.63, 3.8) is 0 Å². The van der Waals surface area contributed by atoms with E-state index in [1.54, 1.807) is 23.8 Å². The molecule has 12 heteroatoms. The van der Waals surface area contributed by atoms with Gasteiger partial charge in [0.15, 0.2) is 0 Å². The van der Waals surface area contributed by atoms with E-state index in [4.69, 9.17) is 5.26 Å². The number of nitrogens with zero attached hydrogens (tertiary/aromatic N) is 5. The first-order valence-electron chi connectivity index (χ1n) is 12.2. The van der Waals surface area contributed by atoms with Crippen molar-refractivity contribution in [1.82, 2.24) is 18.8 Å². The zero-order valence-electron chi connectivity index (χ0n) is 20.3. The van der Waals surface area contributed by atoms with E-state index in [0.29, 0.717) is 59.5 Å². The van der Waals surface area contributed by atoms with Gasteiger partial charge in [-0.05, 0) is 92.0 Å². The molecule has 1 aliphatic carbocycles. The summed E-state index contributed by atoms with van der Waals surface area (Å²) in [7, 11) is -3.64. The molecular weight excluding hydrogens is 607 g/mol. The fourth-order valence-electron chi connectivity index (χ4n) is 5.26. The van der Waals surface area contributed by atoms with Crippen molar-refractivity contribution in [2.75, 3.05) is 18.4 Å². The third-order valence-electron chi connectivity index (χ3n) is 7.33. The summed E-state index contributed by atoms with van der Waals surface area (Å²) in [6.07, 6.45) is 4.95. The van der Waals surface area contributed by atoms with Crippen molar-refractivity contribution in [2.45, 2.75) is 61.6 Å². The number of piperidine rings is 1. The van der Waals surface area contributed by atoms with Gasteiger partial charge in [-0.15, -0.1) is 0 Å². The molecule has 0 unspecified atom stereocenters. The van der Waals surface area contributed by atoms with Crippen molar-refractivity contribution in [1.29, 1.82) is 5.26 Å². The summed E-state index contributed by atoms with van der Waals surface area (Å²) < 4.78 is 29.7. The number of sulfonamides is 1. The highest BCUT2D eigenvalue weighted by Gasteiger charge is 2.40. The molecule has 0 spiro atoms. The van der Waals surface area contributed by atoms with E-state index in [1.165, 1.54) is 28.6 Å². The maximum absolute atomic E-state index is 13.1. The minimum atomic E-state index is -3.64. The predicted molar refractivity (Wildman–Crippen MR) is 147 cm³/mol. The van der Waals surface area contributed by atoms with E-state index in [2.05, 4.69) is 15.3 Å². The summed E-state index contributed by atoms with van der Waals surface area (Å²) in [4.78, 5) is 22.4. The largest absolute Gasteiger partial charge is 0.388 e. The van der Waals surface area contributed by atoms with E-state index in [9.17, 15) is 18.3 Å². The fourth-order valence-corrected chi connectivity index (χ4v) is 7.32. The molecule has 194 valence electrons. The number of pyridine rings is 1. The average molecular weight is 634 g/mol. The molecule has 37 heavy (non-hydrogen) atoms. The number of nitriles is 1. The summed E-state index contributed by atoms with van der Waals surface area (Å²) in [5.41, 5.74) is -0.274. The van der Waals surface area contributed by atoms with Gasteiger partial charge < -0.3 is 10.4 Å². The first kappa shape index (κ1) is 26.0. The predicted octanol–water partition coefficient (Wildman–Crippen LogP) is 3.01. The van der Waals surface area contributed by atoms with Crippen LogP contribution >= 0.6 is 22.6 Å². The van der Waals surface area contributed by atoms with E-state index in [0.717, 1.165) is 11.8 Å². The molecule has 2 aromatic heterocycles. The van der Waals surface area contributed by atoms with Gasteiger partial charge in [0.05, 0.1) is 31.7 Å². The van der Waals surface area contributed by atoms with E-state index >= 15 is 0 Å². The summed E-state index contributed by atoms with van der Waals surface area (Å²) in [5.74, 6) is 0.368. The molecule has 0 amide bonds. The normalized spacial score (nSPS) is 23.2. The standard InChI is InChI=1S/C25H27IN6O4S/c1-25(34)10-2-3-21(25)32-22-17(13-20(26)23(32)33)15-28-24(30-22)29-18-8-11-31(12-9-18)37(35,36)19-6-4-16(14-27)5-7-19/h4-7,13,15,18,21,34H,2-3,8-12H2,1H3,(H,28,29,30)/t21-,25-/m1/s1. The maximum atomic E-state index is 13.1. The molecule has 1 aromatic carbocycles. The molecular formula is C25H27IN6O4S. The monoisotopic (exact) mass is 634 g/mol. The van der Waals surface area contributed by atoms with E-state index in [1.807, 2.05) is 28.7 Å². The van der Waals surface area contributed by atoms with Crippen LogP contribution in [0, 0.1) is 14.9 Å². The second-order valence-electron chi connectivity index (χ2n) is 9.86. The highest BCUT2D eigenvalue weighted by Crippen LogP contribution is 2.39. The van der Waals surface area contributed by atoms with Crippen LogP contribution in [0.4, 0.5) is 5.95 Å². The summed E-state index contributed by atoms with van der Waals surface area (Å²) >= 11 is 2.01. The Morgan fingerprint density at radius 3 is 2.54 bits per heavy atom. The van der Waals surface area contributed by atoms with Crippen molar-refractivity contribution >= 4 is 49.6 Å². The Morgan fingerprint density at radius 1 is 1.22 bits per heavy atom. The van der Waals surface area contributed by atoms with Crippen LogP contribution in [0.5, 0.6) is 0 Å². The summed E-state index contributed by atoms with van der Waals surface area (Å²) in [6.45, 7) is 2.44. The lowest BCUT2D eigenvalue weighted by molar-refractivity contribution is 0.0266. The lowest BCUT2D eigenvalue weighted by atomic mass is 10.00. The smallest absolute Gasteiger partial charge is 0.266 e. The molecule has 2 N–H and O–H groups in total. The zero-order valence-corrected chi connectivity index (χ0v) is 23.2. The highest BCUT2D eigenvalue weighted by atomic mass is 127. The van der Waals surface area contributed by atoms with Gasteiger partial charge in [-0.1, -0.05) is 0 Å². The SMILES string of the molecule is C[C@@]1(O)CCC[C@H]1n1c(=O)c(I)cc2cnc(NC3CCN(S(=O)(=O)c4ccc(C#N)cc4)CC3)nc21. The molecule has 2 fully saturated rings. The number of fused-ring (bicyclic) bond motifs is 1. The van der Waals surface area contributed by atoms with Crippen LogP contribution in [-0.4, -0.2) is 57.1 Å². The number of aromatic nitrogens is 3. The van der Waals surface area contributed by atoms with Crippen LogP contribution in [0.3, 0.4) is 0 Å². The van der Waals surface area contributed by atoms with E-state index < -0.39 is 15.6 Å². The Balaban J connectivity index is 1.34. The number of anilines is 1. The van der Waals surface area contributed by atoms with Gasteiger partial charge in [0.2, 0.25) is 16.0 Å². The molecule has 10 nitrogen and oxygen atoms in total. The number of halogens is 1. The van der Waals surface area contributed by atoms with Crippen LogP contribution in [0.25, 0.3) is 11.0 Å². The lowest BCUT2D eigenvalue weighted by Crippen LogP contribution is -2.42. The van der Waals surface area contributed by atoms with Crippen LogP contribution in [0.1, 0.15) is 50.6 Å². The zero-order chi connectivity index (χ0) is 26.4. The Hall–Kier alpha value is -2.60. The second kappa shape index (κ2) is 9.94. The molecule has 2 aliphatic rings. The van der Waals surface area contributed by atoms with Gasteiger partial charge in [0.1, 0.15) is 5.65 Å². The Morgan fingerprint density at radius 2 is 1.92 bits per heavy atom. The Labute approximate surface area is 228 Å². The van der Waals surface area contributed by atoms with Crippen LogP contribution in [-0.2, 0) is 10.0 Å². The minimum Gasteiger partial charge on any atom is -0.388 e. The number of aliphatic hydroxyl groups is 1. The van der Waals surface area contributed by atoms with Crippen LogP contribution in [0.15, 0.2) is 46.2 Å². The molecule has 1 saturated heterocycles. The number of hydrogen-bond donors (Lipinski definition) is 2. The fraction of sp³-hybridized carbons (Fsp3) is 0.440. The average Bonchev–Trinajstić information content (AvgIpc) is 3.24. The molecule has 2 atom stereocenters. The third kappa shape index (κ3) is 4.97. The molecule has 1 saturated carbocycles. The topological polar surface area (TPSA) is 141 Å². The molecule has 3 heterocycles. The minimum absolute atomic E-state index is 0.0385. The van der Waals surface area contributed by atoms with Crippen LogP contribution < -0.4 is 10.9 Å². The van der Waals surface area contributed by atoms with Crippen LogP contribution in [0.2, 0.25) is 0 Å². The second-order valence-corrected chi connectivity index (χ2v) is 13.0. The van der Waals surface area contributed by atoms with Gasteiger partial charge in [-0.25, -0.2) is 13.4 Å². The van der Waals surface area contributed by atoms with Gasteiger partial charge >= 0.3 is 0 Å². The van der Waals surface area contributed by atoms with Gasteiger partial charge in [-0.3, -0.25) is 9.36 Å². The van der Waals surface area contributed by atoms with Crippen molar-refractivity contribution in [3.05, 3.63) is 56.0 Å². The summed E-state index contributed by atoms with van der Waals surface area (Å²) in [5, 5.41) is 23.9. The first-order chi connectivity index (χ1) is 17.6. The van der Waals surface area contributed by atoms with Gasteiger partial charge in [-0.2, -0.15) is 14.6 Å². The van der Waals surface area contributed by atoms with Crippen molar-refractivity contribution < 1.29 is 13.5 Å². The molecule has 3 aromatic rings. The number of nitrogens with one attached hydrogen (secondary N) is 1. The van der Waals surface area contributed by atoms with Gasteiger partial charge in [0, 0.05) is 30.7 Å². The summed E-state index contributed by atoms with van der Waals surface area (Å²) in [6, 6.07) is 9.28. The molecule has 0 radical (unpaired) electrons. The number of rotatable bonds is 5. The Bertz CT molecular complexity index is 1540. The van der Waals surface area contributed by atoms with Gasteiger partial charge in [0.25, 0.3) is 5.56 Å². The maximum Gasteiger partial charge on any atom is 0.266 e. The molecule has 5 rings (SSSR count). The van der Waals surface area contributed by atoms with Crippen molar-refractivity contribution in [3.8, 4) is 6.07 Å². The molecule has 0 bridgehead atoms. The third-order valence-corrected chi connectivity index (χ3v) is 10.0. The van der Waals surface area contributed by atoms with E-state index in [-0.39, 0.29) is 22.5 Å². The number of benzene rings is 1. The quantitative estimate of drug-likeness (QED) is 0.409. The molecule has 1 aliphatic heterocycles. The van der Waals surface area contributed by atoms with Crippen molar-refractivity contribution in [2.24, 2.45) is 0 Å².